The van der Waals surface area contributed by atoms with Crippen LogP contribution < -0.4 is 4.90 Å². The molecule has 2 saturated heterocycles. The minimum atomic E-state index is -0.543. The Hall–Kier alpha value is -2.48. The van der Waals surface area contributed by atoms with E-state index in [4.69, 9.17) is 9.47 Å². The van der Waals surface area contributed by atoms with E-state index in [0.29, 0.717) is 38.2 Å². The number of carbonyl (C=O) groups is 3. The number of hydrogen-bond donors (Lipinski definition) is 0. The number of amides is 2. The molecular weight excluding hydrogens is 355 g/mol. The van der Waals surface area contributed by atoms with E-state index in [-0.39, 0.29) is 30.8 Å². The van der Waals surface area contributed by atoms with Crippen LogP contribution in [0.4, 0.5) is 10.1 Å². The normalized spacial score (nSPS) is 23.3. The fraction of sp³-hybridized carbons (Fsp3) is 0.526. The number of rotatable bonds is 3. The van der Waals surface area contributed by atoms with E-state index in [9.17, 15) is 18.8 Å². The topological polar surface area (TPSA) is 76.2 Å². The van der Waals surface area contributed by atoms with Crippen molar-refractivity contribution in [1.29, 1.82) is 0 Å². The molecule has 1 atom stereocenters. The van der Waals surface area contributed by atoms with Gasteiger partial charge in [-0.25, -0.2) is 4.39 Å². The number of carbonyl (C=O) groups excluding carboxylic acids is 3. The number of halogens is 1. The standard InChI is InChI=1S/C19H23FN2O5/c1-14(23)26-11-17(24)21-9-2-7-19(8-10-21)13-22(18(25)12-27-19)16-5-3-15(20)4-6-16/h3-6H,2,7-13H2,1H3. The summed E-state index contributed by atoms with van der Waals surface area (Å²) in [6.45, 7) is 2.34. The number of ether oxygens (including phenoxy) is 2. The van der Waals surface area contributed by atoms with Gasteiger partial charge >= 0.3 is 5.97 Å². The van der Waals surface area contributed by atoms with Gasteiger partial charge in [0.05, 0.1) is 12.1 Å². The molecule has 1 aromatic carbocycles. The molecule has 7 nitrogen and oxygen atoms in total. The third-order valence-electron chi connectivity index (χ3n) is 5.04. The summed E-state index contributed by atoms with van der Waals surface area (Å²) in [6.07, 6.45) is 2.00. The molecule has 2 fully saturated rings. The number of likely N-dealkylation sites (tertiary alicyclic amines) is 1. The Bertz CT molecular complexity index is 723. The Labute approximate surface area is 157 Å². The molecule has 0 saturated carbocycles. The van der Waals surface area contributed by atoms with Crippen LogP contribution in [0.3, 0.4) is 0 Å². The number of esters is 1. The second kappa shape index (κ2) is 8.04. The van der Waals surface area contributed by atoms with E-state index in [0.717, 1.165) is 6.42 Å². The smallest absolute Gasteiger partial charge is 0.303 e. The Morgan fingerprint density at radius 1 is 1.22 bits per heavy atom. The minimum absolute atomic E-state index is 0.0429. The molecule has 2 aliphatic rings. The predicted molar refractivity (Wildman–Crippen MR) is 94.5 cm³/mol. The van der Waals surface area contributed by atoms with Crippen molar-refractivity contribution < 1.29 is 28.2 Å². The molecule has 0 radical (unpaired) electrons. The number of nitrogens with zero attached hydrogens (tertiary/aromatic N) is 2. The second-order valence-electron chi connectivity index (χ2n) is 6.94. The van der Waals surface area contributed by atoms with E-state index in [1.165, 1.54) is 19.1 Å². The van der Waals surface area contributed by atoms with Gasteiger partial charge in [-0.3, -0.25) is 14.4 Å². The molecule has 0 aromatic heterocycles. The van der Waals surface area contributed by atoms with Gasteiger partial charge in [0.1, 0.15) is 12.4 Å². The van der Waals surface area contributed by atoms with Crippen LogP contribution in [0.2, 0.25) is 0 Å². The van der Waals surface area contributed by atoms with Crippen molar-refractivity contribution in [1.82, 2.24) is 4.90 Å². The van der Waals surface area contributed by atoms with Gasteiger partial charge in [0.2, 0.25) is 0 Å². The summed E-state index contributed by atoms with van der Waals surface area (Å²) < 4.78 is 23.9. The summed E-state index contributed by atoms with van der Waals surface area (Å²) in [6, 6.07) is 5.82. The lowest BCUT2D eigenvalue weighted by Gasteiger charge is -2.42. The third kappa shape index (κ3) is 4.63. The number of morpholine rings is 1. The molecule has 2 amide bonds. The molecule has 1 spiro atoms. The van der Waals surface area contributed by atoms with Crippen molar-refractivity contribution in [2.75, 3.05) is 37.7 Å². The average Bonchev–Trinajstić information content (AvgIpc) is 2.85. The second-order valence-corrected chi connectivity index (χ2v) is 6.94. The van der Waals surface area contributed by atoms with Gasteiger partial charge in [-0.1, -0.05) is 0 Å². The van der Waals surface area contributed by atoms with Crippen LogP contribution in [0.15, 0.2) is 24.3 Å². The predicted octanol–water partition coefficient (Wildman–Crippen LogP) is 1.50. The van der Waals surface area contributed by atoms with Crippen LogP contribution in [0.5, 0.6) is 0 Å². The lowest BCUT2D eigenvalue weighted by atomic mass is 9.92. The zero-order chi connectivity index (χ0) is 19.4. The fourth-order valence-electron chi connectivity index (χ4n) is 3.55. The van der Waals surface area contributed by atoms with Crippen molar-refractivity contribution >= 4 is 23.5 Å². The molecule has 1 unspecified atom stereocenters. The highest BCUT2D eigenvalue weighted by Crippen LogP contribution is 2.33. The summed E-state index contributed by atoms with van der Waals surface area (Å²) in [5.41, 5.74) is 0.0924. The first-order chi connectivity index (χ1) is 12.9. The highest BCUT2D eigenvalue weighted by atomic mass is 19.1. The maximum atomic E-state index is 13.2. The van der Waals surface area contributed by atoms with E-state index in [1.54, 1.807) is 21.9 Å². The van der Waals surface area contributed by atoms with Gasteiger partial charge in [0, 0.05) is 25.7 Å². The zero-order valence-corrected chi connectivity index (χ0v) is 15.3. The van der Waals surface area contributed by atoms with Crippen LogP contribution in [-0.2, 0) is 23.9 Å². The summed E-state index contributed by atoms with van der Waals surface area (Å²) in [7, 11) is 0. The van der Waals surface area contributed by atoms with Crippen molar-refractivity contribution in [2.24, 2.45) is 0 Å². The molecule has 2 aliphatic heterocycles. The zero-order valence-electron chi connectivity index (χ0n) is 15.3. The van der Waals surface area contributed by atoms with Gasteiger partial charge in [-0.2, -0.15) is 0 Å². The largest absolute Gasteiger partial charge is 0.456 e. The van der Waals surface area contributed by atoms with Crippen molar-refractivity contribution in [3.05, 3.63) is 30.1 Å². The highest BCUT2D eigenvalue weighted by Gasteiger charge is 2.42. The molecule has 0 N–H and O–H groups in total. The molecule has 146 valence electrons. The molecule has 3 rings (SSSR count). The first kappa shape index (κ1) is 19.3. The van der Waals surface area contributed by atoms with Gasteiger partial charge in [-0.15, -0.1) is 0 Å². The van der Waals surface area contributed by atoms with Crippen molar-refractivity contribution in [3.8, 4) is 0 Å². The maximum Gasteiger partial charge on any atom is 0.303 e. The van der Waals surface area contributed by atoms with Crippen LogP contribution in [-0.4, -0.2) is 61.1 Å². The Balaban J connectivity index is 1.67. The van der Waals surface area contributed by atoms with Gasteiger partial charge in [0.25, 0.3) is 11.8 Å². The van der Waals surface area contributed by atoms with Crippen molar-refractivity contribution in [2.45, 2.75) is 31.8 Å². The fourth-order valence-corrected chi connectivity index (χ4v) is 3.55. The van der Waals surface area contributed by atoms with Gasteiger partial charge in [-0.05, 0) is 43.5 Å². The monoisotopic (exact) mass is 378 g/mol. The molecule has 0 aliphatic carbocycles. The van der Waals surface area contributed by atoms with Crippen LogP contribution in [0.1, 0.15) is 26.2 Å². The summed E-state index contributed by atoms with van der Waals surface area (Å²) in [5, 5.41) is 0. The molecule has 0 bridgehead atoms. The van der Waals surface area contributed by atoms with Crippen LogP contribution >= 0.6 is 0 Å². The van der Waals surface area contributed by atoms with Gasteiger partial charge < -0.3 is 19.3 Å². The molecular formula is C19H23FN2O5. The number of benzene rings is 1. The average molecular weight is 378 g/mol. The third-order valence-corrected chi connectivity index (χ3v) is 5.04. The highest BCUT2D eigenvalue weighted by molar-refractivity contribution is 5.95. The first-order valence-electron chi connectivity index (χ1n) is 9.00. The first-order valence-corrected chi connectivity index (χ1v) is 9.00. The number of anilines is 1. The summed E-state index contributed by atoms with van der Waals surface area (Å²) in [5.74, 6) is -1.24. The van der Waals surface area contributed by atoms with E-state index in [2.05, 4.69) is 0 Å². The van der Waals surface area contributed by atoms with Crippen LogP contribution in [0, 0.1) is 5.82 Å². The molecule has 1 aromatic rings. The summed E-state index contributed by atoms with van der Waals surface area (Å²) in [4.78, 5) is 38.7. The minimum Gasteiger partial charge on any atom is -0.456 e. The Morgan fingerprint density at radius 2 is 1.96 bits per heavy atom. The Morgan fingerprint density at radius 3 is 2.67 bits per heavy atom. The molecule has 27 heavy (non-hydrogen) atoms. The van der Waals surface area contributed by atoms with E-state index in [1.807, 2.05) is 0 Å². The van der Waals surface area contributed by atoms with E-state index < -0.39 is 11.6 Å². The molecule has 2 heterocycles. The quantitative estimate of drug-likeness (QED) is 0.745. The summed E-state index contributed by atoms with van der Waals surface area (Å²) >= 11 is 0. The number of hydrogen-bond acceptors (Lipinski definition) is 5. The van der Waals surface area contributed by atoms with Gasteiger partial charge in [0.15, 0.2) is 6.61 Å². The van der Waals surface area contributed by atoms with Crippen molar-refractivity contribution in [3.63, 3.8) is 0 Å². The lowest BCUT2D eigenvalue weighted by Crippen LogP contribution is -2.55. The molecule has 8 heteroatoms. The maximum absolute atomic E-state index is 13.2. The SMILES string of the molecule is CC(=O)OCC(=O)N1CCCC2(CC1)CN(c1ccc(F)cc1)C(=O)CO2. The lowest BCUT2D eigenvalue weighted by molar-refractivity contribution is -0.150. The van der Waals surface area contributed by atoms with Crippen LogP contribution in [0.25, 0.3) is 0 Å². The van der Waals surface area contributed by atoms with E-state index >= 15 is 0 Å². The Kier molecular flexibility index (Phi) is 5.74.